The van der Waals surface area contributed by atoms with Crippen LogP contribution < -0.4 is 5.32 Å². The topological polar surface area (TPSA) is 93.8 Å². The van der Waals surface area contributed by atoms with Crippen LogP contribution in [0.3, 0.4) is 0 Å². The molecule has 1 N–H and O–H groups in total. The highest BCUT2D eigenvalue weighted by molar-refractivity contribution is 7.89. The van der Waals surface area contributed by atoms with Gasteiger partial charge < -0.3 is 19.0 Å². The minimum absolute atomic E-state index is 0.115. The largest absolute Gasteiger partial charge is 0.467 e. The molecule has 2 heterocycles. The molecular weight excluding hydrogens is 430 g/mol. The molecule has 172 valence electrons. The molecule has 3 rings (SSSR count). The number of amides is 1. The summed E-state index contributed by atoms with van der Waals surface area (Å²) in [6, 6.07) is 12.8. The van der Waals surface area contributed by atoms with E-state index < -0.39 is 10.0 Å². The van der Waals surface area contributed by atoms with Crippen molar-refractivity contribution in [1.82, 2.24) is 14.2 Å². The van der Waals surface area contributed by atoms with E-state index in [4.69, 9.17) is 9.15 Å². The van der Waals surface area contributed by atoms with Gasteiger partial charge in [-0.15, -0.1) is 0 Å². The first-order valence-corrected chi connectivity index (χ1v) is 11.9. The first kappa shape index (κ1) is 23.8. The number of aromatic nitrogens is 1. The normalized spacial score (nSPS) is 11.8. The Hall–Kier alpha value is -2.88. The average molecular weight is 460 g/mol. The Labute approximate surface area is 188 Å². The lowest BCUT2D eigenvalue weighted by Crippen LogP contribution is -2.30. The number of furan rings is 1. The van der Waals surface area contributed by atoms with Crippen molar-refractivity contribution < 1.29 is 22.4 Å². The number of nitrogens with one attached hydrogen (secondary N) is 1. The van der Waals surface area contributed by atoms with Gasteiger partial charge in [-0.25, -0.2) is 8.42 Å². The molecule has 0 saturated carbocycles. The highest BCUT2D eigenvalue weighted by atomic mass is 32.2. The molecule has 0 spiro atoms. The first-order valence-electron chi connectivity index (χ1n) is 10.5. The molecular formula is C23H29N3O5S. The number of carbonyl (C=O) groups excluding carboxylic acids is 1. The molecule has 0 saturated heterocycles. The van der Waals surface area contributed by atoms with Gasteiger partial charge in [-0.2, -0.15) is 4.31 Å². The molecule has 1 amide bonds. The van der Waals surface area contributed by atoms with Gasteiger partial charge in [-0.1, -0.05) is 38.1 Å². The Morgan fingerprint density at radius 2 is 1.84 bits per heavy atom. The Bertz CT molecular complexity index is 1130. The van der Waals surface area contributed by atoms with Crippen LogP contribution in [0, 0.1) is 0 Å². The van der Waals surface area contributed by atoms with Crippen molar-refractivity contribution in [3.05, 3.63) is 77.5 Å². The Kier molecular flexibility index (Phi) is 7.89. The van der Waals surface area contributed by atoms with Crippen LogP contribution in [0.2, 0.25) is 0 Å². The molecule has 0 fully saturated rings. The van der Waals surface area contributed by atoms with Crippen molar-refractivity contribution in [3.63, 3.8) is 0 Å². The number of carbonyl (C=O) groups is 1. The fourth-order valence-electron chi connectivity index (χ4n) is 3.38. The standard InChI is InChI=1S/C23H29N3O5S/c1-4-26(5-2)32(28,29)21-13-22(25(3)15-21)23(27)24-14-18-8-6-9-19(12-18)16-30-17-20-10-7-11-31-20/h6-13,15H,4-5,14,16-17H2,1-3H3,(H,24,27). The van der Waals surface area contributed by atoms with E-state index in [1.54, 1.807) is 27.2 Å². The van der Waals surface area contributed by atoms with Gasteiger partial charge in [0, 0.05) is 32.9 Å². The summed E-state index contributed by atoms with van der Waals surface area (Å²) in [6.07, 6.45) is 3.08. The van der Waals surface area contributed by atoms with E-state index in [9.17, 15) is 13.2 Å². The first-order chi connectivity index (χ1) is 15.3. The van der Waals surface area contributed by atoms with Gasteiger partial charge in [0.15, 0.2) is 0 Å². The van der Waals surface area contributed by atoms with Crippen LogP contribution in [-0.2, 0) is 41.6 Å². The van der Waals surface area contributed by atoms with Gasteiger partial charge in [-0.3, -0.25) is 4.79 Å². The molecule has 8 nitrogen and oxygen atoms in total. The molecule has 32 heavy (non-hydrogen) atoms. The number of hydrogen-bond acceptors (Lipinski definition) is 5. The van der Waals surface area contributed by atoms with Crippen molar-refractivity contribution >= 4 is 15.9 Å². The molecule has 0 atom stereocenters. The second kappa shape index (κ2) is 10.6. The Morgan fingerprint density at radius 1 is 1.09 bits per heavy atom. The van der Waals surface area contributed by atoms with Crippen molar-refractivity contribution in [1.29, 1.82) is 0 Å². The maximum absolute atomic E-state index is 12.7. The number of sulfonamides is 1. The zero-order valence-electron chi connectivity index (χ0n) is 18.6. The summed E-state index contributed by atoms with van der Waals surface area (Å²) in [6.45, 7) is 5.44. The molecule has 0 aliphatic carbocycles. The predicted molar refractivity (Wildman–Crippen MR) is 120 cm³/mol. The molecule has 0 aliphatic rings. The van der Waals surface area contributed by atoms with E-state index in [2.05, 4.69) is 5.32 Å². The summed E-state index contributed by atoms with van der Waals surface area (Å²) < 4.78 is 39.2. The third kappa shape index (κ3) is 5.67. The maximum atomic E-state index is 12.7. The fraction of sp³-hybridized carbons (Fsp3) is 0.348. The number of aryl methyl sites for hydroxylation is 1. The number of nitrogens with zero attached hydrogens (tertiary/aromatic N) is 2. The fourth-order valence-corrected chi connectivity index (χ4v) is 4.91. The monoisotopic (exact) mass is 459 g/mol. The molecule has 0 radical (unpaired) electrons. The van der Waals surface area contributed by atoms with Crippen LogP contribution in [0.4, 0.5) is 0 Å². The molecule has 3 aromatic rings. The van der Waals surface area contributed by atoms with Gasteiger partial charge in [0.05, 0.1) is 12.9 Å². The van der Waals surface area contributed by atoms with Crippen LogP contribution in [0.5, 0.6) is 0 Å². The van der Waals surface area contributed by atoms with Crippen molar-refractivity contribution in [2.75, 3.05) is 13.1 Å². The second-order valence-corrected chi connectivity index (χ2v) is 9.27. The summed E-state index contributed by atoms with van der Waals surface area (Å²) in [7, 11) is -1.96. The predicted octanol–water partition coefficient (Wildman–Crippen LogP) is 3.30. The summed E-state index contributed by atoms with van der Waals surface area (Å²) in [4.78, 5) is 12.8. The van der Waals surface area contributed by atoms with E-state index in [0.717, 1.165) is 16.9 Å². The van der Waals surface area contributed by atoms with Gasteiger partial charge in [0.1, 0.15) is 23.0 Å². The maximum Gasteiger partial charge on any atom is 0.268 e. The number of hydrogen-bond donors (Lipinski definition) is 1. The number of benzene rings is 1. The lowest BCUT2D eigenvalue weighted by atomic mass is 10.1. The molecule has 1 aromatic carbocycles. The zero-order chi connectivity index (χ0) is 23.1. The summed E-state index contributed by atoms with van der Waals surface area (Å²) >= 11 is 0. The van der Waals surface area contributed by atoms with Crippen molar-refractivity contribution in [2.24, 2.45) is 7.05 Å². The lowest BCUT2D eigenvalue weighted by Gasteiger charge is -2.17. The smallest absolute Gasteiger partial charge is 0.268 e. The van der Waals surface area contributed by atoms with E-state index in [-0.39, 0.29) is 16.5 Å². The van der Waals surface area contributed by atoms with E-state index in [1.165, 1.54) is 21.1 Å². The van der Waals surface area contributed by atoms with E-state index in [1.807, 2.05) is 36.4 Å². The number of ether oxygens (including phenoxy) is 1. The third-order valence-electron chi connectivity index (χ3n) is 5.09. The zero-order valence-corrected chi connectivity index (χ0v) is 19.4. The Balaban J connectivity index is 1.60. The van der Waals surface area contributed by atoms with Gasteiger partial charge in [0.25, 0.3) is 5.91 Å². The Morgan fingerprint density at radius 3 is 2.53 bits per heavy atom. The van der Waals surface area contributed by atoms with Crippen LogP contribution in [-0.4, -0.2) is 36.3 Å². The van der Waals surface area contributed by atoms with Crippen LogP contribution >= 0.6 is 0 Å². The van der Waals surface area contributed by atoms with Crippen LogP contribution in [0.25, 0.3) is 0 Å². The van der Waals surface area contributed by atoms with Crippen molar-refractivity contribution in [3.8, 4) is 0 Å². The quantitative estimate of drug-likeness (QED) is 0.475. The van der Waals surface area contributed by atoms with Gasteiger partial charge in [0.2, 0.25) is 10.0 Å². The summed E-state index contributed by atoms with van der Waals surface area (Å²) in [5.41, 5.74) is 2.19. The molecule has 0 bridgehead atoms. The third-order valence-corrected chi connectivity index (χ3v) is 7.11. The molecule has 2 aromatic heterocycles. The van der Waals surface area contributed by atoms with Gasteiger partial charge >= 0.3 is 0 Å². The summed E-state index contributed by atoms with van der Waals surface area (Å²) in [5.74, 6) is 0.423. The minimum atomic E-state index is -3.62. The minimum Gasteiger partial charge on any atom is -0.467 e. The molecule has 0 aliphatic heterocycles. The summed E-state index contributed by atoms with van der Waals surface area (Å²) in [5, 5.41) is 2.86. The lowest BCUT2D eigenvalue weighted by molar-refractivity contribution is 0.0928. The van der Waals surface area contributed by atoms with Crippen molar-refractivity contribution in [2.45, 2.75) is 38.5 Å². The SMILES string of the molecule is CCN(CC)S(=O)(=O)c1cc(C(=O)NCc2cccc(COCc3ccco3)c2)n(C)c1. The average Bonchev–Trinajstić information content (AvgIpc) is 3.43. The van der Waals surface area contributed by atoms with E-state index in [0.29, 0.717) is 32.8 Å². The van der Waals surface area contributed by atoms with E-state index >= 15 is 0 Å². The number of rotatable bonds is 11. The second-order valence-electron chi connectivity index (χ2n) is 7.34. The highest BCUT2D eigenvalue weighted by Crippen LogP contribution is 2.18. The molecule has 9 heteroatoms. The highest BCUT2D eigenvalue weighted by Gasteiger charge is 2.25. The van der Waals surface area contributed by atoms with Crippen LogP contribution in [0.15, 0.2) is 64.2 Å². The molecule has 0 unspecified atom stereocenters. The van der Waals surface area contributed by atoms with Gasteiger partial charge in [-0.05, 0) is 29.3 Å². The van der Waals surface area contributed by atoms with Crippen LogP contribution in [0.1, 0.15) is 41.2 Å².